The molecular weight excluding hydrogens is 312 g/mol. The van der Waals surface area contributed by atoms with Crippen LogP contribution in [0.15, 0.2) is 48.5 Å². The number of methoxy groups -OCH3 is 1. The van der Waals surface area contributed by atoms with Crippen molar-refractivity contribution in [2.45, 2.75) is 6.42 Å². The Morgan fingerprint density at radius 2 is 1.72 bits per heavy atom. The molecule has 0 radical (unpaired) electrons. The van der Waals surface area contributed by atoms with Crippen molar-refractivity contribution in [1.82, 2.24) is 4.90 Å². The minimum atomic E-state index is 0.804. The molecule has 0 aliphatic carbocycles. The van der Waals surface area contributed by atoms with Gasteiger partial charge in [0.1, 0.15) is 5.75 Å². The predicted molar refractivity (Wildman–Crippen MR) is 106 cm³/mol. The van der Waals surface area contributed by atoms with Crippen LogP contribution in [0.25, 0.3) is 0 Å². The third-order valence-electron chi connectivity index (χ3n) is 4.69. The maximum atomic E-state index is 5.70. The fraction of sp³-hybridized carbons (Fsp3) is 0.400. The Hall–Kier alpha value is -2.40. The first-order valence-electron chi connectivity index (χ1n) is 8.96. The summed E-state index contributed by atoms with van der Waals surface area (Å²) in [5.41, 5.74) is 8.85. The first kappa shape index (κ1) is 17.4. The summed E-state index contributed by atoms with van der Waals surface area (Å²) in [4.78, 5) is 4.96. The van der Waals surface area contributed by atoms with E-state index in [4.69, 9.17) is 10.5 Å². The Bertz CT molecular complexity index is 651. The first-order valence-corrected chi connectivity index (χ1v) is 8.96. The van der Waals surface area contributed by atoms with Gasteiger partial charge in [0.25, 0.3) is 0 Å². The van der Waals surface area contributed by atoms with Gasteiger partial charge >= 0.3 is 0 Å². The molecule has 1 heterocycles. The van der Waals surface area contributed by atoms with E-state index in [1.165, 1.54) is 5.69 Å². The van der Waals surface area contributed by atoms with Crippen LogP contribution in [0.5, 0.6) is 5.75 Å². The zero-order chi connectivity index (χ0) is 17.5. The number of rotatable bonds is 7. The van der Waals surface area contributed by atoms with Gasteiger partial charge in [-0.15, -0.1) is 0 Å². The first-order chi connectivity index (χ1) is 12.3. The number of ether oxygens (including phenoxy) is 1. The lowest BCUT2D eigenvalue weighted by Gasteiger charge is -2.36. The monoisotopic (exact) mass is 340 g/mol. The summed E-state index contributed by atoms with van der Waals surface area (Å²) in [6.07, 6.45) is 1.14. The van der Waals surface area contributed by atoms with Crippen molar-refractivity contribution < 1.29 is 4.74 Å². The van der Waals surface area contributed by atoms with Crippen molar-refractivity contribution in [3.8, 4) is 5.75 Å². The van der Waals surface area contributed by atoms with E-state index in [1.54, 1.807) is 7.11 Å². The van der Waals surface area contributed by atoms with E-state index in [0.29, 0.717) is 0 Å². The number of nitrogens with one attached hydrogen (secondary N) is 1. The van der Waals surface area contributed by atoms with Crippen LogP contribution in [0.4, 0.5) is 17.1 Å². The molecule has 0 saturated carbocycles. The highest BCUT2D eigenvalue weighted by molar-refractivity contribution is 5.58. The van der Waals surface area contributed by atoms with Gasteiger partial charge in [0.15, 0.2) is 0 Å². The SMILES string of the molecule is COc1ccccc1N1CCN(CCCNc2ccc(N)cc2)CC1. The molecule has 0 unspecified atom stereocenters. The van der Waals surface area contributed by atoms with Crippen molar-refractivity contribution >= 4 is 17.1 Å². The van der Waals surface area contributed by atoms with E-state index < -0.39 is 0 Å². The summed E-state index contributed by atoms with van der Waals surface area (Å²) in [5.74, 6) is 0.962. The molecule has 0 atom stereocenters. The number of nitrogen functional groups attached to an aromatic ring is 1. The Morgan fingerprint density at radius 3 is 2.44 bits per heavy atom. The second kappa shape index (κ2) is 8.62. The van der Waals surface area contributed by atoms with Gasteiger partial charge < -0.3 is 20.7 Å². The third-order valence-corrected chi connectivity index (χ3v) is 4.69. The van der Waals surface area contributed by atoms with Crippen LogP contribution in [0.1, 0.15) is 6.42 Å². The van der Waals surface area contributed by atoms with Crippen molar-refractivity contribution in [3.63, 3.8) is 0 Å². The second-order valence-corrected chi connectivity index (χ2v) is 6.40. The summed E-state index contributed by atoms with van der Waals surface area (Å²) in [6.45, 7) is 6.40. The number of nitrogens with two attached hydrogens (primary N) is 1. The van der Waals surface area contributed by atoms with E-state index in [1.807, 2.05) is 36.4 Å². The van der Waals surface area contributed by atoms with Crippen LogP contribution in [-0.2, 0) is 0 Å². The van der Waals surface area contributed by atoms with E-state index >= 15 is 0 Å². The van der Waals surface area contributed by atoms with Gasteiger partial charge in [-0.2, -0.15) is 0 Å². The van der Waals surface area contributed by atoms with Gasteiger partial charge in [0.2, 0.25) is 0 Å². The van der Waals surface area contributed by atoms with Gasteiger partial charge in [-0.3, -0.25) is 4.90 Å². The fourth-order valence-electron chi connectivity index (χ4n) is 3.24. The maximum absolute atomic E-state index is 5.70. The lowest BCUT2D eigenvalue weighted by molar-refractivity contribution is 0.256. The van der Waals surface area contributed by atoms with Crippen LogP contribution < -0.4 is 20.7 Å². The topological polar surface area (TPSA) is 53.8 Å². The zero-order valence-corrected chi connectivity index (χ0v) is 14.9. The molecule has 1 saturated heterocycles. The smallest absolute Gasteiger partial charge is 0.142 e. The molecule has 5 heteroatoms. The molecule has 1 aliphatic heterocycles. The van der Waals surface area contributed by atoms with Crippen molar-refractivity contribution in [3.05, 3.63) is 48.5 Å². The van der Waals surface area contributed by atoms with Crippen molar-refractivity contribution in [2.24, 2.45) is 0 Å². The molecule has 1 fully saturated rings. The number of anilines is 3. The molecule has 5 nitrogen and oxygen atoms in total. The van der Waals surface area contributed by atoms with Gasteiger partial charge in [0.05, 0.1) is 12.8 Å². The number of piperazine rings is 1. The normalized spacial score (nSPS) is 15.2. The predicted octanol–water partition coefficient (Wildman–Crippen LogP) is 2.90. The zero-order valence-electron chi connectivity index (χ0n) is 14.9. The molecular formula is C20H28N4O. The van der Waals surface area contributed by atoms with Crippen LogP contribution >= 0.6 is 0 Å². The average Bonchev–Trinajstić information content (AvgIpc) is 2.67. The summed E-state index contributed by atoms with van der Waals surface area (Å²) >= 11 is 0. The van der Waals surface area contributed by atoms with Crippen LogP contribution in [0, 0.1) is 0 Å². The fourth-order valence-corrected chi connectivity index (χ4v) is 3.24. The summed E-state index contributed by atoms with van der Waals surface area (Å²) in [5, 5.41) is 3.45. The highest BCUT2D eigenvalue weighted by Crippen LogP contribution is 2.28. The lowest BCUT2D eigenvalue weighted by atomic mass is 10.2. The summed E-state index contributed by atoms with van der Waals surface area (Å²) < 4.78 is 5.48. The largest absolute Gasteiger partial charge is 0.495 e. The van der Waals surface area contributed by atoms with E-state index in [2.05, 4.69) is 27.2 Å². The molecule has 2 aromatic carbocycles. The molecule has 3 N–H and O–H groups in total. The quantitative estimate of drug-likeness (QED) is 0.600. The van der Waals surface area contributed by atoms with Crippen LogP contribution in [-0.4, -0.2) is 51.3 Å². The van der Waals surface area contributed by atoms with Gasteiger partial charge in [-0.25, -0.2) is 0 Å². The van der Waals surface area contributed by atoms with Gasteiger partial charge in [0, 0.05) is 44.1 Å². The Labute approximate surface area is 150 Å². The van der Waals surface area contributed by atoms with E-state index in [0.717, 1.165) is 62.8 Å². The number of hydrogen-bond donors (Lipinski definition) is 2. The number of benzene rings is 2. The van der Waals surface area contributed by atoms with Crippen molar-refractivity contribution in [2.75, 3.05) is 62.3 Å². The Morgan fingerprint density at radius 1 is 1.00 bits per heavy atom. The lowest BCUT2D eigenvalue weighted by Crippen LogP contribution is -2.46. The van der Waals surface area contributed by atoms with Crippen LogP contribution in [0.2, 0.25) is 0 Å². The number of para-hydroxylation sites is 2. The molecule has 0 spiro atoms. The molecule has 2 aromatic rings. The molecule has 1 aliphatic rings. The highest BCUT2D eigenvalue weighted by Gasteiger charge is 2.18. The van der Waals surface area contributed by atoms with Gasteiger partial charge in [-0.1, -0.05) is 12.1 Å². The minimum absolute atomic E-state index is 0.804. The molecule has 0 aromatic heterocycles. The second-order valence-electron chi connectivity index (χ2n) is 6.40. The minimum Gasteiger partial charge on any atom is -0.495 e. The van der Waals surface area contributed by atoms with Gasteiger partial charge in [-0.05, 0) is 49.4 Å². The third kappa shape index (κ3) is 4.79. The maximum Gasteiger partial charge on any atom is 0.142 e. The van der Waals surface area contributed by atoms with Crippen LogP contribution in [0.3, 0.4) is 0 Å². The summed E-state index contributed by atoms with van der Waals surface area (Å²) in [6, 6.07) is 16.2. The molecule has 0 amide bonds. The molecule has 3 rings (SSSR count). The molecule has 25 heavy (non-hydrogen) atoms. The Balaban J connectivity index is 1.38. The summed E-state index contributed by atoms with van der Waals surface area (Å²) in [7, 11) is 1.74. The highest BCUT2D eigenvalue weighted by atomic mass is 16.5. The van der Waals surface area contributed by atoms with E-state index in [9.17, 15) is 0 Å². The average molecular weight is 340 g/mol. The van der Waals surface area contributed by atoms with Crippen molar-refractivity contribution in [1.29, 1.82) is 0 Å². The van der Waals surface area contributed by atoms with E-state index in [-0.39, 0.29) is 0 Å². The molecule has 0 bridgehead atoms. The Kier molecular flexibility index (Phi) is 6.01. The molecule has 134 valence electrons. The standard InChI is InChI=1S/C20H28N4O/c1-25-20-6-3-2-5-19(20)24-15-13-23(14-16-24)12-4-11-22-18-9-7-17(21)8-10-18/h2-3,5-10,22H,4,11-16,21H2,1H3. The number of nitrogens with zero attached hydrogens (tertiary/aromatic N) is 2. The number of hydrogen-bond acceptors (Lipinski definition) is 5.